The summed E-state index contributed by atoms with van der Waals surface area (Å²) in [6, 6.07) is 0. The van der Waals surface area contributed by atoms with Gasteiger partial charge in [0.1, 0.15) is 0 Å². The average Bonchev–Trinajstić information content (AvgIpc) is 2.47. The van der Waals surface area contributed by atoms with Crippen molar-refractivity contribution < 1.29 is 4.79 Å². The molecule has 0 saturated heterocycles. The lowest BCUT2D eigenvalue weighted by Gasteiger charge is -2.00. The number of aromatic amines is 1. The number of nitrogens with zero attached hydrogens (tertiary/aromatic N) is 3. The van der Waals surface area contributed by atoms with E-state index in [1.54, 1.807) is 11.6 Å². The molecule has 2 N–H and O–H groups in total. The van der Waals surface area contributed by atoms with Crippen LogP contribution in [0.1, 0.15) is 6.92 Å². The van der Waals surface area contributed by atoms with Gasteiger partial charge in [0.05, 0.1) is 6.33 Å². The molecule has 0 fully saturated rings. The Morgan fingerprint density at radius 3 is 3.00 bits per heavy atom. The molecular weight excluding hydrogens is 198 g/mol. The van der Waals surface area contributed by atoms with E-state index < -0.39 is 0 Å². The fraction of sp³-hybridized carbons (Fsp3) is 0.250. The zero-order valence-electron chi connectivity index (χ0n) is 8.24. The van der Waals surface area contributed by atoms with Gasteiger partial charge in [0.15, 0.2) is 11.2 Å². The van der Waals surface area contributed by atoms with Gasteiger partial charge in [-0.3, -0.25) is 19.9 Å². The number of aryl methyl sites for hydroxylation is 1. The number of hydrogen-bond donors (Lipinski definition) is 2. The minimum atomic E-state index is -0.371. The zero-order chi connectivity index (χ0) is 11.0. The molecule has 78 valence electrons. The molecule has 15 heavy (non-hydrogen) atoms. The molecule has 7 heteroatoms. The maximum absolute atomic E-state index is 11.5. The lowest BCUT2D eigenvalue weighted by Crippen LogP contribution is -2.16. The van der Waals surface area contributed by atoms with Crippen LogP contribution in [0.5, 0.6) is 0 Å². The number of H-pyrrole nitrogens is 1. The predicted octanol–water partition coefficient (Wildman–Crippen LogP) is -0.385. The van der Waals surface area contributed by atoms with Crippen LogP contribution in [0.3, 0.4) is 0 Å². The average molecular weight is 207 g/mol. The van der Waals surface area contributed by atoms with Gasteiger partial charge in [-0.25, -0.2) is 4.98 Å². The van der Waals surface area contributed by atoms with Crippen LogP contribution in [-0.2, 0) is 11.8 Å². The first-order chi connectivity index (χ1) is 7.08. The smallest absolute Gasteiger partial charge is 0.280 e. The summed E-state index contributed by atoms with van der Waals surface area (Å²) in [7, 11) is 1.72. The highest BCUT2D eigenvalue weighted by Crippen LogP contribution is 2.05. The summed E-state index contributed by atoms with van der Waals surface area (Å²) in [5, 5.41) is 2.41. The Kier molecular flexibility index (Phi) is 2.00. The van der Waals surface area contributed by atoms with Crippen molar-refractivity contribution in [1.29, 1.82) is 0 Å². The van der Waals surface area contributed by atoms with Crippen LogP contribution in [0.4, 0.5) is 5.95 Å². The maximum atomic E-state index is 11.5. The Labute approximate surface area is 84.2 Å². The highest BCUT2D eigenvalue weighted by Gasteiger charge is 2.08. The summed E-state index contributed by atoms with van der Waals surface area (Å²) in [5.41, 5.74) is 0.318. The molecule has 0 saturated carbocycles. The number of amides is 1. The largest absolute Gasteiger partial charge is 0.318 e. The molecule has 0 aromatic carbocycles. The Balaban J connectivity index is 2.65. The molecule has 0 aliphatic carbocycles. The number of anilines is 1. The Morgan fingerprint density at radius 2 is 2.33 bits per heavy atom. The van der Waals surface area contributed by atoms with Gasteiger partial charge in [-0.05, 0) is 0 Å². The number of fused-ring (bicyclic) bond motifs is 1. The van der Waals surface area contributed by atoms with Gasteiger partial charge < -0.3 is 4.57 Å². The second-order valence-electron chi connectivity index (χ2n) is 3.12. The number of hydrogen-bond acceptors (Lipinski definition) is 4. The molecule has 2 heterocycles. The van der Waals surface area contributed by atoms with Crippen LogP contribution in [0.2, 0.25) is 0 Å². The fourth-order valence-electron chi connectivity index (χ4n) is 1.24. The highest BCUT2D eigenvalue weighted by molar-refractivity contribution is 5.87. The first-order valence-electron chi connectivity index (χ1n) is 4.27. The first kappa shape index (κ1) is 9.38. The summed E-state index contributed by atoms with van der Waals surface area (Å²) in [4.78, 5) is 32.6. The lowest BCUT2D eigenvalue weighted by atomic mass is 10.5. The van der Waals surface area contributed by atoms with Crippen molar-refractivity contribution in [3.63, 3.8) is 0 Å². The van der Waals surface area contributed by atoms with E-state index in [-0.39, 0.29) is 22.9 Å². The molecule has 0 aliphatic rings. The minimum Gasteiger partial charge on any atom is -0.318 e. The van der Waals surface area contributed by atoms with E-state index in [0.717, 1.165) is 0 Å². The summed E-state index contributed by atoms with van der Waals surface area (Å²) < 4.78 is 1.61. The summed E-state index contributed by atoms with van der Waals surface area (Å²) >= 11 is 0. The molecular formula is C8H9N5O2. The number of nitrogens with one attached hydrogen (secondary N) is 2. The number of carbonyl (C=O) groups excluding carboxylic acids is 1. The molecule has 1 amide bonds. The van der Waals surface area contributed by atoms with E-state index in [2.05, 4.69) is 20.3 Å². The van der Waals surface area contributed by atoms with E-state index in [1.165, 1.54) is 13.3 Å². The van der Waals surface area contributed by atoms with Crippen molar-refractivity contribution in [1.82, 2.24) is 19.5 Å². The SMILES string of the molecule is CC(=O)Nc1nc2c(ncn2C)c(=O)[nH]1. The Bertz CT molecular complexity index is 582. The topological polar surface area (TPSA) is 92.7 Å². The second kappa shape index (κ2) is 3.19. The number of imidazole rings is 1. The van der Waals surface area contributed by atoms with Gasteiger partial charge in [-0.2, -0.15) is 4.98 Å². The molecule has 2 aromatic heterocycles. The normalized spacial score (nSPS) is 10.5. The summed E-state index contributed by atoms with van der Waals surface area (Å²) in [5.74, 6) is -0.164. The van der Waals surface area contributed by atoms with Crippen LogP contribution in [-0.4, -0.2) is 25.4 Å². The van der Waals surface area contributed by atoms with Crippen molar-refractivity contribution in [3.05, 3.63) is 16.7 Å². The van der Waals surface area contributed by atoms with E-state index in [4.69, 9.17) is 0 Å². The molecule has 0 spiro atoms. The fourth-order valence-corrected chi connectivity index (χ4v) is 1.24. The van der Waals surface area contributed by atoms with E-state index in [9.17, 15) is 9.59 Å². The van der Waals surface area contributed by atoms with Gasteiger partial charge >= 0.3 is 0 Å². The minimum absolute atomic E-state index is 0.128. The predicted molar refractivity (Wildman–Crippen MR) is 53.4 cm³/mol. The molecule has 7 nitrogen and oxygen atoms in total. The van der Waals surface area contributed by atoms with E-state index in [0.29, 0.717) is 5.65 Å². The maximum Gasteiger partial charge on any atom is 0.280 e. The third kappa shape index (κ3) is 1.58. The van der Waals surface area contributed by atoms with Crippen LogP contribution in [0.15, 0.2) is 11.1 Å². The molecule has 2 aromatic rings. The van der Waals surface area contributed by atoms with Crippen LogP contribution >= 0.6 is 0 Å². The van der Waals surface area contributed by atoms with E-state index >= 15 is 0 Å². The summed E-state index contributed by atoms with van der Waals surface area (Å²) in [6.45, 7) is 1.34. The zero-order valence-corrected chi connectivity index (χ0v) is 8.24. The molecule has 0 bridgehead atoms. The monoisotopic (exact) mass is 207 g/mol. The molecule has 0 atom stereocenters. The van der Waals surface area contributed by atoms with Crippen molar-refractivity contribution in [2.75, 3.05) is 5.32 Å². The number of aromatic nitrogens is 4. The third-order valence-electron chi connectivity index (χ3n) is 1.87. The van der Waals surface area contributed by atoms with Crippen LogP contribution < -0.4 is 10.9 Å². The third-order valence-corrected chi connectivity index (χ3v) is 1.87. The summed E-state index contributed by atoms with van der Waals surface area (Å²) in [6.07, 6.45) is 1.49. The van der Waals surface area contributed by atoms with Crippen molar-refractivity contribution in [2.24, 2.45) is 7.05 Å². The van der Waals surface area contributed by atoms with Crippen molar-refractivity contribution in [2.45, 2.75) is 6.92 Å². The van der Waals surface area contributed by atoms with Crippen LogP contribution in [0.25, 0.3) is 11.2 Å². The number of carbonyl (C=O) groups is 1. The Hall–Kier alpha value is -2.18. The first-order valence-corrected chi connectivity index (χ1v) is 4.27. The van der Waals surface area contributed by atoms with Gasteiger partial charge in [-0.15, -0.1) is 0 Å². The van der Waals surface area contributed by atoms with Gasteiger partial charge in [0.25, 0.3) is 5.56 Å². The van der Waals surface area contributed by atoms with Crippen molar-refractivity contribution >= 4 is 23.0 Å². The molecule has 2 rings (SSSR count). The van der Waals surface area contributed by atoms with Crippen LogP contribution in [0, 0.1) is 0 Å². The van der Waals surface area contributed by atoms with Gasteiger partial charge in [0, 0.05) is 14.0 Å². The van der Waals surface area contributed by atoms with Gasteiger partial charge in [-0.1, -0.05) is 0 Å². The van der Waals surface area contributed by atoms with Crippen molar-refractivity contribution in [3.8, 4) is 0 Å². The Morgan fingerprint density at radius 1 is 1.60 bits per heavy atom. The molecule has 0 unspecified atom stereocenters. The van der Waals surface area contributed by atoms with Gasteiger partial charge in [0.2, 0.25) is 11.9 Å². The molecule has 0 aliphatic heterocycles. The second-order valence-corrected chi connectivity index (χ2v) is 3.12. The standard InChI is InChI=1S/C8H9N5O2/c1-4(14)10-8-11-6-5(7(15)12-8)9-3-13(6)2/h3H,1-2H3,(H2,10,11,12,14,15). The number of rotatable bonds is 1. The lowest BCUT2D eigenvalue weighted by molar-refractivity contribution is -0.114. The van der Waals surface area contributed by atoms with E-state index in [1.807, 2.05) is 0 Å². The highest BCUT2D eigenvalue weighted by atomic mass is 16.1. The quantitative estimate of drug-likeness (QED) is 0.666. The molecule has 0 radical (unpaired) electrons.